The zero-order valence-corrected chi connectivity index (χ0v) is 12.5. The molecule has 0 heterocycles. The van der Waals surface area contributed by atoms with Crippen LogP contribution in [0.15, 0.2) is 24.3 Å². The summed E-state index contributed by atoms with van der Waals surface area (Å²) >= 11 is 0. The van der Waals surface area contributed by atoms with E-state index in [-0.39, 0.29) is 5.75 Å². The zero-order valence-electron chi connectivity index (χ0n) is 11.7. The first-order chi connectivity index (χ1) is 9.07. The van der Waals surface area contributed by atoms with Gasteiger partial charge in [0.15, 0.2) is 0 Å². The van der Waals surface area contributed by atoms with E-state index in [1.807, 2.05) is 24.3 Å². The molecule has 0 radical (unpaired) electrons. The molecule has 0 aliphatic carbocycles. The first-order valence-corrected chi connectivity index (χ1v) is 8.33. The number of methoxy groups -OCH3 is 1. The second kappa shape index (κ2) is 8.17. The number of ether oxygens (including phenoxy) is 1. The molecule has 0 saturated heterocycles. The summed E-state index contributed by atoms with van der Waals surface area (Å²) in [6.07, 6.45) is 3.54. The maximum Gasteiger partial charge on any atom is 0.211 e. The summed E-state index contributed by atoms with van der Waals surface area (Å²) in [5, 5.41) is 0. The zero-order chi connectivity index (χ0) is 14.1. The van der Waals surface area contributed by atoms with Gasteiger partial charge in [0.2, 0.25) is 10.0 Å². The summed E-state index contributed by atoms with van der Waals surface area (Å²) in [5.41, 5.74) is 0.971. The third kappa shape index (κ3) is 6.59. The Labute approximate surface area is 116 Å². The molecule has 4 nitrogen and oxygen atoms in total. The van der Waals surface area contributed by atoms with Crippen molar-refractivity contribution in [1.29, 1.82) is 0 Å². The van der Waals surface area contributed by atoms with Gasteiger partial charge in [-0.3, -0.25) is 0 Å². The van der Waals surface area contributed by atoms with Crippen LogP contribution < -0.4 is 9.46 Å². The van der Waals surface area contributed by atoms with Gasteiger partial charge < -0.3 is 4.74 Å². The van der Waals surface area contributed by atoms with Crippen molar-refractivity contribution in [1.82, 2.24) is 4.72 Å². The largest absolute Gasteiger partial charge is 0.497 e. The summed E-state index contributed by atoms with van der Waals surface area (Å²) in [6.45, 7) is 2.63. The Balaban J connectivity index is 2.41. The Morgan fingerprint density at radius 1 is 1.26 bits per heavy atom. The average Bonchev–Trinajstić information content (AvgIpc) is 2.42. The standard InChI is InChI=1S/C14H23NO3S/c1-3-4-5-10-15-19(16,17)11-9-13-7-6-8-14(12-13)18-2/h6-8,12,15H,3-5,9-11H2,1-2H3. The molecule has 0 aromatic heterocycles. The number of benzene rings is 1. The van der Waals surface area contributed by atoms with Crippen molar-refractivity contribution >= 4 is 10.0 Å². The van der Waals surface area contributed by atoms with E-state index in [4.69, 9.17) is 4.74 Å². The normalized spacial score (nSPS) is 11.5. The highest BCUT2D eigenvalue weighted by Gasteiger charge is 2.09. The van der Waals surface area contributed by atoms with E-state index >= 15 is 0 Å². The third-order valence-electron chi connectivity index (χ3n) is 2.90. The van der Waals surface area contributed by atoms with Crippen molar-refractivity contribution in [2.45, 2.75) is 32.6 Å². The van der Waals surface area contributed by atoms with Gasteiger partial charge in [-0.15, -0.1) is 0 Å². The molecule has 5 heteroatoms. The molecule has 0 aliphatic heterocycles. The van der Waals surface area contributed by atoms with E-state index < -0.39 is 10.0 Å². The predicted molar refractivity (Wildman–Crippen MR) is 78.0 cm³/mol. The lowest BCUT2D eigenvalue weighted by molar-refractivity contribution is 0.414. The predicted octanol–water partition coefficient (Wildman–Crippen LogP) is 2.35. The molecule has 19 heavy (non-hydrogen) atoms. The lowest BCUT2D eigenvalue weighted by atomic mass is 10.2. The minimum atomic E-state index is -3.17. The molecule has 0 bridgehead atoms. The van der Waals surface area contributed by atoms with Gasteiger partial charge in [0.1, 0.15) is 5.75 Å². The number of rotatable bonds is 9. The van der Waals surface area contributed by atoms with Gasteiger partial charge in [-0.1, -0.05) is 31.9 Å². The number of hydrogen-bond donors (Lipinski definition) is 1. The third-order valence-corrected chi connectivity index (χ3v) is 4.28. The highest BCUT2D eigenvalue weighted by atomic mass is 32.2. The van der Waals surface area contributed by atoms with Crippen LogP contribution in [0.1, 0.15) is 31.7 Å². The average molecular weight is 285 g/mol. The molecule has 0 unspecified atom stereocenters. The van der Waals surface area contributed by atoms with Crippen molar-refractivity contribution in [3.63, 3.8) is 0 Å². The monoisotopic (exact) mass is 285 g/mol. The molecule has 0 amide bonds. The highest BCUT2D eigenvalue weighted by Crippen LogP contribution is 2.13. The molecule has 1 N–H and O–H groups in total. The van der Waals surface area contributed by atoms with E-state index in [1.54, 1.807) is 7.11 Å². The fourth-order valence-electron chi connectivity index (χ4n) is 1.76. The Kier molecular flexibility index (Phi) is 6.87. The van der Waals surface area contributed by atoms with E-state index in [9.17, 15) is 8.42 Å². The molecule has 1 aromatic carbocycles. The minimum absolute atomic E-state index is 0.117. The van der Waals surface area contributed by atoms with Gasteiger partial charge in [-0.2, -0.15) is 0 Å². The minimum Gasteiger partial charge on any atom is -0.497 e. The van der Waals surface area contributed by atoms with Gasteiger partial charge in [0.25, 0.3) is 0 Å². The summed E-state index contributed by atoms with van der Waals surface area (Å²) in [6, 6.07) is 7.50. The molecule has 0 saturated carbocycles. The van der Waals surface area contributed by atoms with E-state index in [1.165, 1.54) is 0 Å². The van der Waals surface area contributed by atoms with Crippen LogP contribution in [0.25, 0.3) is 0 Å². The highest BCUT2D eigenvalue weighted by molar-refractivity contribution is 7.89. The van der Waals surface area contributed by atoms with Crippen molar-refractivity contribution in [3.05, 3.63) is 29.8 Å². The molecule has 1 aromatic rings. The number of unbranched alkanes of at least 4 members (excludes halogenated alkanes) is 2. The molecule has 0 spiro atoms. The summed E-state index contributed by atoms with van der Waals surface area (Å²) in [7, 11) is -1.57. The quantitative estimate of drug-likeness (QED) is 0.709. The SMILES string of the molecule is CCCCCNS(=O)(=O)CCc1cccc(OC)c1. The lowest BCUT2D eigenvalue weighted by Crippen LogP contribution is -2.28. The molecular formula is C14H23NO3S. The number of nitrogens with one attached hydrogen (secondary N) is 1. The second-order valence-corrected chi connectivity index (χ2v) is 6.45. The Morgan fingerprint density at radius 2 is 2.05 bits per heavy atom. The maximum atomic E-state index is 11.8. The Morgan fingerprint density at radius 3 is 2.74 bits per heavy atom. The fourth-order valence-corrected chi connectivity index (χ4v) is 2.86. The van der Waals surface area contributed by atoms with E-state index in [0.29, 0.717) is 13.0 Å². The molecule has 108 valence electrons. The van der Waals surface area contributed by atoms with Crippen molar-refractivity contribution in [2.75, 3.05) is 19.4 Å². The van der Waals surface area contributed by atoms with Crippen molar-refractivity contribution < 1.29 is 13.2 Å². The van der Waals surface area contributed by atoms with E-state index in [0.717, 1.165) is 30.6 Å². The van der Waals surface area contributed by atoms with Crippen LogP contribution in [-0.2, 0) is 16.4 Å². The van der Waals surface area contributed by atoms with Crippen LogP contribution in [0.5, 0.6) is 5.75 Å². The van der Waals surface area contributed by atoms with Gasteiger partial charge in [0.05, 0.1) is 12.9 Å². The molecule has 1 rings (SSSR count). The van der Waals surface area contributed by atoms with Gasteiger partial charge >= 0.3 is 0 Å². The second-order valence-electron chi connectivity index (χ2n) is 4.52. The first-order valence-electron chi connectivity index (χ1n) is 6.67. The smallest absolute Gasteiger partial charge is 0.211 e. The Bertz CT molecular complexity index is 471. The molecular weight excluding hydrogens is 262 g/mol. The fraction of sp³-hybridized carbons (Fsp3) is 0.571. The lowest BCUT2D eigenvalue weighted by Gasteiger charge is -2.07. The van der Waals surface area contributed by atoms with Gasteiger partial charge in [-0.05, 0) is 30.5 Å². The Hall–Kier alpha value is -1.07. The molecule has 0 fully saturated rings. The van der Waals surface area contributed by atoms with Crippen LogP contribution >= 0.6 is 0 Å². The van der Waals surface area contributed by atoms with Crippen molar-refractivity contribution in [2.24, 2.45) is 0 Å². The van der Waals surface area contributed by atoms with Crippen LogP contribution in [0, 0.1) is 0 Å². The summed E-state index contributed by atoms with van der Waals surface area (Å²) in [5.74, 6) is 0.873. The van der Waals surface area contributed by atoms with Crippen LogP contribution in [0.3, 0.4) is 0 Å². The number of aryl methyl sites for hydroxylation is 1. The van der Waals surface area contributed by atoms with Crippen LogP contribution in [0.4, 0.5) is 0 Å². The number of hydrogen-bond acceptors (Lipinski definition) is 3. The van der Waals surface area contributed by atoms with Gasteiger partial charge in [-0.25, -0.2) is 13.1 Å². The summed E-state index contributed by atoms with van der Waals surface area (Å²) in [4.78, 5) is 0. The van der Waals surface area contributed by atoms with Crippen LogP contribution in [0.2, 0.25) is 0 Å². The number of sulfonamides is 1. The molecule has 0 atom stereocenters. The molecule has 0 aliphatic rings. The summed E-state index contributed by atoms with van der Waals surface area (Å²) < 4.78 is 31.3. The maximum absolute atomic E-state index is 11.8. The van der Waals surface area contributed by atoms with Crippen molar-refractivity contribution in [3.8, 4) is 5.75 Å². The first kappa shape index (κ1) is 16.0. The van der Waals surface area contributed by atoms with E-state index in [2.05, 4.69) is 11.6 Å². The van der Waals surface area contributed by atoms with Gasteiger partial charge in [0, 0.05) is 6.54 Å². The topological polar surface area (TPSA) is 55.4 Å². The van der Waals surface area contributed by atoms with Crippen LogP contribution in [-0.4, -0.2) is 27.8 Å².